The van der Waals surface area contributed by atoms with Crippen molar-refractivity contribution in [3.63, 3.8) is 0 Å². The standard InChI is InChI=1S/C26H32BrN3O3/c27-21-6-2-19(3-7-21)23-18-24(23)26(32)20-4-8-22(9-5-20)33-17-1-12-29-13-15-30(16-14-29)25(31)10-11-28/h2-9,23-24H,1,10-18,28H2. The molecule has 1 heterocycles. The number of nitrogens with two attached hydrogens (primary N) is 1. The minimum atomic E-state index is 0.0870. The van der Waals surface area contributed by atoms with Crippen molar-refractivity contribution in [3.8, 4) is 5.75 Å². The SMILES string of the molecule is NCCC(=O)N1CCN(CCCOc2ccc(C(=O)C3CC3c3ccc(Br)cc3)cc2)CC1. The molecule has 2 fully saturated rings. The van der Waals surface area contributed by atoms with Crippen molar-refractivity contribution in [1.29, 1.82) is 0 Å². The van der Waals surface area contributed by atoms with Gasteiger partial charge in [-0.1, -0.05) is 28.1 Å². The maximum Gasteiger partial charge on any atom is 0.223 e. The zero-order valence-corrected chi connectivity index (χ0v) is 20.5. The van der Waals surface area contributed by atoms with E-state index in [9.17, 15) is 9.59 Å². The highest BCUT2D eigenvalue weighted by molar-refractivity contribution is 9.10. The average molecular weight is 514 g/mol. The molecule has 176 valence electrons. The van der Waals surface area contributed by atoms with Crippen LogP contribution in [-0.4, -0.2) is 67.4 Å². The fourth-order valence-electron chi connectivity index (χ4n) is 4.47. The van der Waals surface area contributed by atoms with Crippen molar-refractivity contribution in [2.75, 3.05) is 45.9 Å². The zero-order chi connectivity index (χ0) is 23.2. The van der Waals surface area contributed by atoms with E-state index in [4.69, 9.17) is 10.5 Å². The molecule has 2 N–H and O–H groups in total. The Hall–Kier alpha value is -2.22. The van der Waals surface area contributed by atoms with Gasteiger partial charge in [-0.05, 0) is 60.7 Å². The topological polar surface area (TPSA) is 75.9 Å². The Kier molecular flexibility index (Phi) is 8.17. The minimum Gasteiger partial charge on any atom is -0.494 e. The highest BCUT2D eigenvalue weighted by Gasteiger charge is 2.43. The normalized spacial score (nSPS) is 20.5. The Morgan fingerprint density at radius 2 is 1.70 bits per heavy atom. The molecule has 33 heavy (non-hydrogen) atoms. The summed E-state index contributed by atoms with van der Waals surface area (Å²) in [6, 6.07) is 15.8. The van der Waals surface area contributed by atoms with E-state index in [1.807, 2.05) is 41.3 Å². The van der Waals surface area contributed by atoms with Crippen molar-refractivity contribution < 1.29 is 14.3 Å². The van der Waals surface area contributed by atoms with E-state index in [0.29, 0.717) is 25.5 Å². The van der Waals surface area contributed by atoms with Crippen molar-refractivity contribution in [2.45, 2.75) is 25.2 Å². The third-order valence-electron chi connectivity index (χ3n) is 6.53. The molecule has 1 aliphatic carbocycles. The summed E-state index contributed by atoms with van der Waals surface area (Å²) < 4.78 is 6.94. The first-order chi connectivity index (χ1) is 16.0. The lowest BCUT2D eigenvalue weighted by molar-refractivity contribution is -0.132. The van der Waals surface area contributed by atoms with Crippen molar-refractivity contribution in [3.05, 3.63) is 64.1 Å². The number of hydrogen-bond acceptors (Lipinski definition) is 5. The van der Waals surface area contributed by atoms with Gasteiger partial charge in [-0.25, -0.2) is 0 Å². The summed E-state index contributed by atoms with van der Waals surface area (Å²) >= 11 is 3.46. The van der Waals surface area contributed by atoms with Gasteiger partial charge in [0.15, 0.2) is 5.78 Å². The number of ether oxygens (including phenoxy) is 1. The molecule has 6 nitrogen and oxygen atoms in total. The molecule has 0 bridgehead atoms. The van der Waals surface area contributed by atoms with Crippen LogP contribution in [0.4, 0.5) is 0 Å². The van der Waals surface area contributed by atoms with Crippen LogP contribution in [0.2, 0.25) is 0 Å². The summed E-state index contributed by atoms with van der Waals surface area (Å²) in [7, 11) is 0. The summed E-state index contributed by atoms with van der Waals surface area (Å²) in [4.78, 5) is 29.0. The Bertz CT molecular complexity index is 940. The number of benzene rings is 2. The van der Waals surface area contributed by atoms with Crippen LogP contribution in [0.3, 0.4) is 0 Å². The molecule has 2 aromatic carbocycles. The maximum absolute atomic E-state index is 12.8. The molecule has 2 unspecified atom stereocenters. The fraction of sp³-hybridized carbons (Fsp3) is 0.462. The first kappa shape index (κ1) is 23.9. The smallest absolute Gasteiger partial charge is 0.223 e. The van der Waals surface area contributed by atoms with Crippen LogP contribution < -0.4 is 10.5 Å². The van der Waals surface area contributed by atoms with Gasteiger partial charge in [0.25, 0.3) is 0 Å². The molecule has 1 saturated heterocycles. The van der Waals surface area contributed by atoms with Gasteiger partial charge in [0, 0.05) is 61.6 Å². The van der Waals surface area contributed by atoms with E-state index in [-0.39, 0.29) is 17.6 Å². The zero-order valence-electron chi connectivity index (χ0n) is 18.9. The Morgan fingerprint density at radius 1 is 1.00 bits per heavy atom. The second-order valence-electron chi connectivity index (χ2n) is 8.85. The van der Waals surface area contributed by atoms with Gasteiger partial charge in [0.1, 0.15) is 5.75 Å². The van der Waals surface area contributed by atoms with Crippen molar-refractivity contribution >= 4 is 27.6 Å². The third kappa shape index (κ3) is 6.43. The van der Waals surface area contributed by atoms with E-state index in [1.165, 1.54) is 5.56 Å². The lowest BCUT2D eigenvalue weighted by Gasteiger charge is -2.34. The highest BCUT2D eigenvalue weighted by atomic mass is 79.9. The summed E-state index contributed by atoms with van der Waals surface area (Å²) in [5.41, 5.74) is 7.47. The van der Waals surface area contributed by atoms with E-state index in [2.05, 4.69) is 33.0 Å². The molecule has 1 aliphatic heterocycles. The first-order valence-electron chi connectivity index (χ1n) is 11.8. The number of halogens is 1. The predicted octanol–water partition coefficient (Wildman–Crippen LogP) is 3.70. The Labute approximate surface area is 204 Å². The van der Waals surface area contributed by atoms with Crippen LogP contribution in [0.15, 0.2) is 53.0 Å². The molecule has 2 atom stereocenters. The van der Waals surface area contributed by atoms with E-state index >= 15 is 0 Å². The molecule has 2 aliphatic rings. The van der Waals surface area contributed by atoms with E-state index < -0.39 is 0 Å². The van der Waals surface area contributed by atoms with Crippen LogP contribution >= 0.6 is 15.9 Å². The van der Waals surface area contributed by atoms with Crippen LogP contribution in [-0.2, 0) is 4.79 Å². The number of amides is 1. The molecule has 2 aromatic rings. The summed E-state index contributed by atoms with van der Waals surface area (Å²) in [5.74, 6) is 1.60. The lowest BCUT2D eigenvalue weighted by atomic mass is 10.0. The lowest BCUT2D eigenvalue weighted by Crippen LogP contribution is -2.49. The van der Waals surface area contributed by atoms with Crippen LogP contribution in [0.5, 0.6) is 5.75 Å². The van der Waals surface area contributed by atoms with Crippen molar-refractivity contribution in [1.82, 2.24) is 9.80 Å². The number of piperazine rings is 1. The highest BCUT2D eigenvalue weighted by Crippen LogP contribution is 2.49. The molecule has 1 amide bonds. The Morgan fingerprint density at radius 3 is 2.36 bits per heavy atom. The van der Waals surface area contributed by atoms with Crippen LogP contribution in [0.1, 0.15) is 41.1 Å². The van der Waals surface area contributed by atoms with Gasteiger partial charge in [0.05, 0.1) is 6.61 Å². The van der Waals surface area contributed by atoms with Crippen molar-refractivity contribution in [2.24, 2.45) is 11.7 Å². The molecule has 4 rings (SSSR count). The number of nitrogens with zero attached hydrogens (tertiary/aromatic N) is 2. The summed E-state index contributed by atoms with van der Waals surface area (Å²) in [6.07, 6.45) is 2.28. The quantitative estimate of drug-likeness (QED) is 0.387. The maximum atomic E-state index is 12.8. The minimum absolute atomic E-state index is 0.0870. The summed E-state index contributed by atoms with van der Waals surface area (Å²) in [6.45, 7) is 5.35. The Balaban J connectivity index is 1.15. The van der Waals surface area contributed by atoms with Gasteiger partial charge in [-0.2, -0.15) is 0 Å². The number of hydrogen-bond donors (Lipinski definition) is 1. The van der Waals surface area contributed by atoms with Gasteiger partial charge in [-0.15, -0.1) is 0 Å². The van der Waals surface area contributed by atoms with Gasteiger partial charge in [-0.3, -0.25) is 14.5 Å². The number of rotatable bonds is 10. The number of Topliss-reactive ketones (excluding diaryl/α,β-unsaturated/α-hetero) is 1. The van der Waals surface area contributed by atoms with E-state index in [0.717, 1.165) is 61.4 Å². The van der Waals surface area contributed by atoms with Gasteiger partial charge < -0.3 is 15.4 Å². The molecule has 0 aromatic heterocycles. The van der Waals surface area contributed by atoms with E-state index in [1.54, 1.807) is 0 Å². The first-order valence-corrected chi connectivity index (χ1v) is 12.6. The second-order valence-corrected chi connectivity index (χ2v) is 9.77. The summed E-state index contributed by atoms with van der Waals surface area (Å²) in [5, 5.41) is 0. The van der Waals surface area contributed by atoms with Gasteiger partial charge in [0.2, 0.25) is 5.91 Å². The largest absolute Gasteiger partial charge is 0.494 e. The number of ketones is 1. The number of carbonyl (C=O) groups excluding carboxylic acids is 2. The monoisotopic (exact) mass is 513 g/mol. The molecule has 1 saturated carbocycles. The molecule has 7 heteroatoms. The number of carbonyl (C=O) groups is 2. The molecular formula is C26H32BrN3O3. The predicted molar refractivity (Wildman–Crippen MR) is 133 cm³/mol. The van der Waals surface area contributed by atoms with Crippen LogP contribution in [0, 0.1) is 5.92 Å². The average Bonchev–Trinajstić information content (AvgIpc) is 3.64. The fourth-order valence-corrected chi connectivity index (χ4v) is 4.74. The third-order valence-corrected chi connectivity index (χ3v) is 7.06. The van der Waals surface area contributed by atoms with Gasteiger partial charge >= 0.3 is 0 Å². The second kappa shape index (κ2) is 11.3. The molecule has 0 spiro atoms. The van der Waals surface area contributed by atoms with Crippen LogP contribution in [0.25, 0.3) is 0 Å². The molecule has 0 radical (unpaired) electrons. The molecular weight excluding hydrogens is 482 g/mol.